The van der Waals surface area contributed by atoms with Crippen molar-refractivity contribution in [1.29, 1.82) is 0 Å². The maximum absolute atomic E-state index is 10.0. The monoisotopic (exact) mass is 221 g/mol. The molecule has 16 heavy (non-hydrogen) atoms. The van der Waals surface area contributed by atoms with Crippen LogP contribution in [0.15, 0.2) is 12.1 Å². The van der Waals surface area contributed by atoms with Gasteiger partial charge in [0.25, 0.3) is 0 Å². The third-order valence-corrected chi connectivity index (χ3v) is 3.76. The zero-order valence-electron chi connectivity index (χ0n) is 9.03. The molecular formula is C12H15NO3. The third-order valence-electron chi connectivity index (χ3n) is 3.76. The molecule has 0 unspecified atom stereocenters. The molecule has 1 heterocycles. The largest absolute Gasteiger partial charge is 0.508 e. The summed E-state index contributed by atoms with van der Waals surface area (Å²) < 4.78 is 10.5. The second-order valence-electron chi connectivity index (χ2n) is 4.56. The summed E-state index contributed by atoms with van der Waals surface area (Å²) in [5, 5.41) is 10.0. The Kier molecular flexibility index (Phi) is 2.01. The fraction of sp³-hybridized carbons (Fsp3) is 0.500. The maximum atomic E-state index is 10.0. The number of fused-ring (bicyclic) bond motifs is 1. The van der Waals surface area contributed by atoms with E-state index in [-0.39, 0.29) is 18.0 Å². The molecule has 1 saturated carbocycles. The second-order valence-corrected chi connectivity index (χ2v) is 4.56. The second kappa shape index (κ2) is 3.28. The number of nitrogens with two attached hydrogens (primary N) is 1. The summed E-state index contributed by atoms with van der Waals surface area (Å²) in [4.78, 5) is 0. The van der Waals surface area contributed by atoms with E-state index in [1.807, 2.05) is 6.07 Å². The number of benzene rings is 1. The summed E-state index contributed by atoms with van der Waals surface area (Å²) in [5.41, 5.74) is 6.69. The summed E-state index contributed by atoms with van der Waals surface area (Å²) in [6.45, 7) is 0.800. The van der Waals surface area contributed by atoms with Crippen LogP contribution in [0.3, 0.4) is 0 Å². The highest BCUT2D eigenvalue weighted by atomic mass is 16.7. The Morgan fingerprint density at radius 3 is 2.50 bits per heavy atom. The van der Waals surface area contributed by atoms with E-state index in [4.69, 9.17) is 15.2 Å². The Morgan fingerprint density at radius 2 is 1.94 bits per heavy atom. The van der Waals surface area contributed by atoms with E-state index < -0.39 is 0 Å². The first-order valence-corrected chi connectivity index (χ1v) is 5.58. The SMILES string of the molecule is NCC1(c2cc3c(cc2O)OCO3)CCC1. The first-order valence-electron chi connectivity index (χ1n) is 5.58. The molecule has 1 fully saturated rings. The van der Waals surface area contributed by atoms with E-state index in [1.165, 1.54) is 6.42 Å². The van der Waals surface area contributed by atoms with Gasteiger partial charge >= 0.3 is 0 Å². The molecule has 2 aliphatic rings. The van der Waals surface area contributed by atoms with Crippen LogP contribution >= 0.6 is 0 Å². The number of phenols is 1. The molecule has 0 radical (unpaired) electrons. The van der Waals surface area contributed by atoms with E-state index in [2.05, 4.69) is 0 Å². The lowest BCUT2D eigenvalue weighted by Crippen LogP contribution is -2.41. The van der Waals surface area contributed by atoms with Crippen LogP contribution in [0.4, 0.5) is 0 Å². The third kappa shape index (κ3) is 1.19. The molecule has 0 saturated heterocycles. The lowest BCUT2D eigenvalue weighted by molar-refractivity contribution is 0.173. The molecular weight excluding hydrogens is 206 g/mol. The highest BCUT2D eigenvalue weighted by Gasteiger charge is 2.40. The molecule has 0 aromatic heterocycles. The summed E-state index contributed by atoms with van der Waals surface area (Å²) in [6, 6.07) is 3.51. The smallest absolute Gasteiger partial charge is 0.231 e. The number of hydrogen-bond donors (Lipinski definition) is 2. The van der Waals surface area contributed by atoms with E-state index in [1.54, 1.807) is 6.07 Å². The Bertz CT molecular complexity index is 421. The van der Waals surface area contributed by atoms with Gasteiger partial charge in [-0.05, 0) is 18.9 Å². The van der Waals surface area contributed by atoms with Gasteiger partial charge < -0.3 is 20.3 Å². The van der Waals surface area contributed by atoms with Crippen LogP contribution in [0.2, 0.25) is 0 Å². The molecule has 1 aromatic rings. The molecule has 0 atom stereocenters. The Labute approximate surface area is 94.0 Å². The summed E-state index contributed by atoms with van der Waals surface area (Å²) in [6.07, 6.45) is 3.25. The van der Waals surface area contributed by atoms with Crippen molar-refractivity contribution >= 4 is 0 Å². The number of aromatic hydroxyl groups is 1. The molecule has 3 rings (SSSR count). The van der Waals surface area contributed by atoms with Gasteiger partial charge in [-0.2, -0.15) is 0 Å². The van der Waals surface area contributed by atoms with Crippen molar-refractivity contribution in [2.24, 2.45) is 5.73 Å². The normalized spacial score (nSPS) is 20.6. The van der Waals surface area contributed by atoms with Crippen LogP contribution < -0.4 is 15.2 Å². The van der Waals surface area contributed by atoms with Crippen molar-refractivity contribution in [3.05, 3.63) is 17.7 Å². The van der Waals surface area contributed by atoms with Gasteiger partial charge in [-0.25, -0.2) is 0 Å². The van der Waals surface area contributed by atoms with Gasteiger partial charge in [-0.1, -0.05) is 6.42 Å². The van der Waals surface area contributed by atoms with Gasteiger partial charge in [-0.15, -0.1) is 0 Å². The van der Waals surface area contributed by atoms with Crippen molar-refractivity contribution in [1.82, 2.24) is 0 Å². The minimum absolute atomic E-state index is 0.0505. The van der Waals surface area contributed by atoms with Crippen LogP contribution in [0.25, 0.3) is 0 Å². The van der Waals surface area contributed by atoms with E-state index in [9.17, 15) is 5.11 Å². The highest BCUT2D eigenvalue weighted by Crippen LogP contribution is 2.49. The molecule has 1 aliphatic carbocycles. The molecule has 0 bridgehead atoms. The fourth-order valence-electron chi connectivity index (χ4n) is 2.54. The first-order chi connectivity index (χ1) is 7.75. The Hall–Kier alpha value is -1.42. The predicted octanol–water partition coefficient (Wildman–Crippen LogP) is 1.50. The highest BCUT2D eigenvalue weighted by molar-refractivity contribution is 5.54. The maximum Gasteiger partial charge on any atom is 0.231 e. The van der Waals surface area contributed by atoms with E-state index in [0.29, 0.717) is 18.0 Å². The molecule has 0 spiro atoms. The van der Waals surface area contributed by atoms with Gasteiger partial charge in [0, 0.05) is 23.6 Å². The predicted molar refractivity (Wildman–Crippen MR) is 58.8 cm³/mol. The number of ether oxygens (including phenoxy) is 2. The summed E-state index contributed by atoms with van der Waals surface area (Å²) >= 11 is 0. The number of phenolic OH excluding ortho intramolecular Hbond substituents is 1. The minimum Gasteiger partial charge on any atom is -0.508 e. The Balaban J connectivity index is 2.07. The summed E-state index contributed by atoms with van der Waals surface area (Å²) in [7, 11) is 0. The Morgan fingerprint density at radius 1 is 1.25 bits per heavy atom. The zero-order chi connectivity index (χ0) is 11.2. The van der Waals surface area contributed by atoms with Crippen molar-refractivity contribution in [3.63, 3.8) is 0 Å². The number of hydrogen-bond acceptors (Lipinski definition) is 4. The average Bonchev–Trinajstić information content (AvgIpc) is 2.64. The molecule has 4 heteroatoms. The van der Waals surface area contributed by atoms with E-state index >= 15 is 0 Å². The van der Waals surface area contributed by atoms with Crippen LogP contribution in [0, 0.1) is 0 Å². The van der Waals surface area contributed by atoms with Gasteiger partial charge in [-0.3, -0.25) is 0 Å². The van der Waals surface area contributed by atoms with Crippen LogP contribution in [0.5, 0.6) is 17.2 Å². The standard InChI is InChI=1S/C12H15NO3/c13-6-12(2-1-3-12)8-4-10-11(5-9(8)14)16-7-15-10/h4-5,14H,1-3,6-7,13H2. The van der Waals surface area contributed by atoms with Crippen LogP contribution in [-0.4, -0.2) is 18.4 Å². The fourth-order valence-corrected chi connectivity index (χ4v) is 2.54. The molecule has 3 N–H and O–H groups in total. The topological polar surface area (TPSA) is 64.7 Å². The van der Waals surface area contributed by atoms with Gasteiger partial charge in [0.2, 0.25) is 6.79 Å². The molecule has 1 aliphatic heterocycles. The van der Waals surface area contributed by atoms with Gasteiger partial charge in [0.05, 0.1) is 0 Å². The lowest BCUT2D eigenvalue weighted by atomic mass is 9.64. The zero-order valence-corrected chi connectivity index (χ0v) is 9.03. The van der Waals surface area contributed by atoms with Gasteiger partial charge in [0.15, 0.2) is 11.5 Å². The quantitative estimate of drug-likeness (QED) is 0.794. The molecule has 86 valence electrons. The van der Waals surface area contributed by atoms with Crippen molar-refractivity contribution in [2.75, 3.05) is 13.3 Å². The minimum atomic E-state index is -0.0505. The van der Waals surface area contributed by atoms with Gasteiger partial charge in [0.1, 0.15) is 5.75 Å². The van der Waals surface area contributed by atoms with Crippen LogP contribution in [-0.2, 0) is 5.41 Å². The first kappa shape index (κ1) is 9.78. The lowest BCUT2D eigenvalue weighted by Gasteiger charge is -2.41. The molecule has 4 nitrogen and oxygen atoms in total. The van der Waals surface area contributed by atoms with Crippen molar-refractivity contribution in [2.45, 2.75) is 24.7 Å². The molecule has 0 amide bonds. The number of rotatable bonds is 2. The van der Waals surface area contributed by atoms with E-state index in [0.717, 1.165) is 18.4 Å². The van der Waals surface area contributed by atoms with Crippen LogP contribution in [0.1, 0.15) is 24.8 Å². The summed E-state index contributed by atoms with van der Waals surface area (Å²) in [5.74, 6) is 1.61. The molecule has 1 aromatic carbocycles. The van der Waals surface area contributed by atoms with Crippen molar-refractivity contribution in [3.8, 4) is 17.2 Å². The average molecular weight is 221 g/mol. The van der Waals surface area contributed by atoms with Crippen molar-refractivity contribution < 1.29 is 14.6 Å².